The monoisotopic (exact) mass is 642 g/mol. The Hall–Kier alpha value is -4.54. The summed E-state index contributed by atoms with van der Waals surface area (Å²) in [7, 11) is 5.44. The van der Waals surface area contributed by atoms with Gasteiger partial charge in [0.15, 0.2) is 6.29 Å². The van der Waals surface area contributed by atoms with Crippen molar-refractivity contribution in [2.75, 3.05) is 40.9 Å². The molecule has 1 unspecified atom stereocenters. The van der Waals surface area contributed by atoms with Gasteiger partial charge in [-0.25, -0.2) is 0 Å². The zero-order chi connectivity index (χ0) is 34.1. The van der Waals surface area contributed by atoms with E-state index in [0.717, 1.165) is 39.7 Å². The topological polar surface area (TPSA) is 103 Å². The van der Waals surface area contributed by atoms with E-state index >= 15 is 0 Å². The van der Waals surface area contributed by atoms with Crippen LogP contribution in [0.3, 0.4) is 0 Å². The Morgan fingerprint density at radius 3 is 2.11 bits per heavy atom. The predicted octanol–water partition coefficient (Wildman–Crippen LogP) is 5.41. The fraction of sp³-hybridized carbons (Fsp3) is 0.405. The van der Waals surface area contributed by atoms with Gasteiger partial charge in [-0.2, -0.15) is 0 Å². The third-order valence-corrected chi connectivity index (χ3v) is 8.21. The van der Waals surface area contributed by atoms with E-state index in [0.29, 0.717) is 37.1 Å². The number of benzene rings is 2. The largest absolute Gasteiger partial charge is 0.466 e. The Kier molecular flexibility index (Phi) is 12.3. The quantitative estimate of drug-likeness (QED) is 0.187. The number of imide groups is 1. The van der Waals surface area contributed by atoms with Crippen molar-refractivity contribution in [3.63, 3.8) is 0 Å². The molecule has 0 aliphatic carbocycles. The lowest BCUT2D eigenvalue weighted by molar-refractivity contribution is -0.147. The van der Waals surface area contributed by atoms with Crippen LogP contribution in [0.15, 0.2) is 60.9 Å². The maximum atomic E-state index is 14.4. The highest BCUT2D eigenvalue weighted by Gasteiger charge is 2.30. The number of aromatic nitrogens is 2. The van der Waals surface area contributed by atoms with Crippen LogP contribution in [0.5, 0.6) is 0 Å². The number of aryl methyl sites for hydroxylation is 1. The van der Waals surface area contributed by atoms with E-state index in [9.17, 15) is 19.2 Å². The Labute approximate surface area is 276 Å². The van der Waals surface area contributed by atoms with Crippen LogP contribution in [-0.2, 0) is 41.7 Å². The Morgan fingerprint density at radius 2 is 1.49 bits per heavy atom. The number of amides is 2. The molecule has 0 fully saturated rings. The molecule has 250 valence electrons. The van der Waals surface area contributed by atoms with Crippen molar-refractivity contribution in [2.24, 2.45) is 0 Å². The van der Waals surface area contributed by atoms with Crippen LogP contribution in [0, 0.1) is 0 Å². The highest BCUT2D eigenvalue weighted by molar-refractivity contribution is 6.39. The van der Waals surface area contributed by atoms with Gasteiger partial charge >= 0.3 is 5.97 Å². The number of esters is 1. The Bertz CT molecular complexity index is 1760. The maximum Gasteiger partial charge on any atom is 0.306 e. The number of carbonyl (C=O) groups is 4. The van der Waals surface area contributed by atoms with E-state index < -0.39 is 17.8 Å². The van der Waals surface area contributed by atoms with Crippen LogP contribution in [-0.4, -0.2) is 90.0 Å². The molecule has 2 amide bonds. The van der Waals surface area contributed by atoms with Gasteiger partial charge < -0.3 is 23.5 Å². The van der Waals surface area contributed by atoms with Crippen molar-refractivity contribution >= 4 is 57.0 Å². The number of aldehydes is 1. The smallest absolute Gasteiger partial charge is 0.306 e. The van der Waals surface area contributed by atoms with Crippen molar-refractivity contribution in [1.29, 1.82) is 0 Å². The molecule has 0 radical (unpaired) electrons. The van der Waals surface area contributed by atoms with Crippen LogP contribution in [0.2, 0.25) is 0 Å². The number of ether oxygens (including phenoxy) is 2. The van der Waals surface area contributed by atoms with E-state index in [1.807, 2.05) is 93.4 Å². The molecule has 0 saturated carbocycles. The summed E-state index contributed by atoms with van der Waals surface area (Å²) >= 11 is 0. The zero-order valence-electron chi connectivity index (χ0n) is 28.3. The zero-order valence-corrected chi connectivity index (χ0v) is 28.3. The third-order valence-electron chi connectivity index (χ3n) is 8.21. The molecule has 2 aromatic carbocycles. The summed E-state index contributed by atoms with van der Waals surface area (Å²) in [6.07, 6.45) is 4.85. The first-order valence-electron chi connectivity index (χ1n) is 16.3. The molecule has 10 nitrogen and oxygen atoms in total. The van der Waals surface area contributed by atoms with Crippen LogP contribution in [0.25, 0.3) is 33.0 Å². The molecule has 1 aliphatic heterocycles. The molecule has 1 atom stereocenters. The van der Waals surface area contributed by atoms with E-state index in [-0.39, 0.29) is 36.7 Å². The lowest BCUT2D eigenvalue weighted by Gasteiger charge is -2.22. The second kappa shape index (κ2) is 16.3. The lowest BCUT2D eigenvalue weighted by atomic mass is 9.93. The van der Waals surface area contributed by atoms with Crippen LogP contribution in [0.1, 0.15) is 51.2 Å². The van der Waals surface area contributed by atoms with Crippen molar-refractivity contribution in [2.45, 2.75) is 59.2 Å². The number of carbonyl (C=O) groups excluding carboxylic acids is 4. The number of para-hydroxylation sites is 2. The fourth-order valence-corrected chi connectivity index (χ4v) is 6.04. The first kappa shape index (κ1) is 35.3. The minimum absolute atomic E-state index is 0.0285. The Morgan fingerprint density at radius 1 is 0.894 bits per heavy atom. The van der Waals surface area contributed by atoms with Crippen LogP contribution < -0.4 is 0 Å². The van der Waals surface area contributed by atoms with Crippen molar-refractivity contribution in [1.82, 2.24) is 18.9 Å². The molecule has 0 spiro atoms. The minimum Gasteiger partial charge on any atom is -0.466 e. The summed E-state index contributed by atoms with van der Waals surface area (Å²) in [4.78, 5) is 55.9. The maximum absolute atomic E-state index is 14.4. The molecule has 0 N–H and O–H groups in total. The normalized spacial score (nSPS) is 16.7. The fourth-order valence-electron chi connectivity index (χ4n) is 6.04. The van der Waals surface area contributed by atoms with Gasteiger partial charge in [0.05, 0.1) is 31.3 Å². The summed E-state index contributed by atoms with van der Waals surface area (Å²) < 4.78 is 15.5. The minimum atomic E-state index is -0.619. The Balaban J connectivity index is 0.00000245. The van der Waals surface area contributed by atoms with Gasteiger partial charge in [0.25, 0.3) is 5.91 Å². The van der Waals surface area contributed by atoms with Gasteiger partial charge in [0, 0.05) is 84.0 Å². The van der Waals surface area contributed by atoms with Gasteiger partial charge in [0.1, 0.15) is 0 Å². The number of likely N-dealkylation sites (N-methyl/N-ethyl adjacent to an activating group) is 2. The molecule has 5 rings (SSSR count). The number of rotatable bonds is 8. The molecule has 1 aliphatic rings. The summed E-state index contributed by atoms with van der Waals surface area (Å²) in [6, 6.07) is 15.5. The number of hydrogen-bond donors (Lipinski definition) is 0. The molecular formula is C37H46N4O6. The summed E-state index contributed by atoms with van der Waals surface area (Å²) in [5, 5.41) is 1.60. The van der Waals surface area contributed by atoms with Gasteiger partial charge in [0.2, 0.25) is 5.91 Å². The van der Waals surface area contributed by atoms with Crippen molar-refractivity contribution in [3.8, 4) is 0 Å². The average molecular weight is 643 g/mol. The number of hydrogen-bond acceptors (Lipinski definition) is 7. The van der Waals surface area contributed by atoms with E-state index in [1.54, 1.807) is 6.92 Å². The molecule has 3 heterocycles. The second-order valence-corrected chi connectivity index (χ2v) is 11.5. The first-order valence-corrected chi connectivity index (χ1v) is 16.3. The lowest BCUT2D eigenvalue weighted by Crippen LogP contribution is -2.34. The van der Waals surface area contributed by atoms with Crippen LogP contribution in [0.4, 0.5) is 0 Å². The van der Waals surface area contributed by atoms with E-state index in [4.69, 9.17) is 9.47 Å². The summed E-state index contributed by atoms with van der Waals surface area (Å²) in [6.45, 7) is 8.30. The molecule has 0 saturated heterocycles. The predicted molar refractivity (Wildman–Crippen MR) is 185 cm³/mol. The number of nitrogens with zero attached hydrogens (tertiary/aromatic N) is 4. The molecule has 47 heavy (non-hydrogen) atoms. The molecule has 10 heteroatoms. The molecule has 4 bridgehead atoms. The van der Waals surface area contributed by atoms with E-state index in [2.05, 4.69) is 9.47 Å². The first-order chi connectivity index (χ1) is 22.7. The summed E-state index contributed by atoms with van der Waals surface area (Å²) in [5.41, 5.74) is 3.28. The third kappa shape index (κ3) is 7.89. The van der Waals surface area contributed by atoms with Gasteiger partial charge in [-0.15, -0.1) is 0 Å². The number of allylic oxidation sites excluding steroid dienone is 1. The standard InChI is InChI=1S/C35H40N4O6.C2H6/c1-5-44-33(42)15-14-32(41)37(4)35(43)34-28-22-38(31-13-9-7-11-26(28)31)17-16-24(20-36(2)3)45-19-18-39-21-27(29(34)23-40)25-10-6-8-12-30(25)39;1-2/h6-13,21-24H,5,14-20H2,1-4H3;1-2H3/b34-29+;. The van der Waals surface area contributed by atoms with Crippen LogP contribution >= 0.6 is 0 Å². The SMILES string of the molecule is CC.CCOC(=O)CCC(=O)N(C)C(=O)/C1=C(\C=O)c2cn(c3ccccc23)CCOC(CN(C)C)CCn2cc1c1ccccc12. The second-order valence-electron chi connectivity index (χ2n) is 11.5. The van der Waals surface area contributed by atoms with Gasteiger partial charge in [-0.1, -0.05) is 50.2 Å². The highest BCUT2D eigenvalue weighted by atomic mass is 16.5. The molecular weight excluding hydrogens is 596 g/mol. The molecule has 2 aromatic heterocycles. The highest BCUT2D eigenvalue weighted by Crippen LogP contribution is 2.37. The summed E-state index contributed by atoms with van der Waals surface area (Å²) in [5.74, 6) is -1.67. The average Bonchev–Trinajstić information content (AvgIpc) is 3.63. The van der Waals surface area contributed by atoms with Gasteiger partial charge in [-0.05, 0) is 39.6 Å². The number of fused-ring (bicyclic) bond motifs is 10. The van der Waals surface area contributed by atoms with Crippen molar-refractivity contribution in [3.05, 3.63) is 72.1 Å². The van der Waals surface area contributed by atoms with Gasteiger partial charge in [-0.3, -0.25) is 24.1 Å². The van der Waals surface area contributed by atoms with E-state index in [1.165, 1.54) is 7.05 Å². The van der Waals surface area contributed by atoms with Crippen molar-refractivity contribution < 1.29 is 28.7 Å². The molecule has 4 aromatic rings.